The third kappa shape index (κ3) is 12.9. The van der Waals surface area contributed by atoms with Crippen LogP contribution >= 0.6 is 0 Å². The predicted molar refractivity (Wildman–Crippen MR) is 379 cm³/mol. The van der Waals surface area contributed by atoms with Gasteiger partial charge in [0.1, 0.15) is 11.6 Å². The zero-order valence-electron chi connectivity index (χ0n) is 63.6. The van der Waals surface area contributed by atoms with Gasteiger partial charge in [-0.3, -0.25) is 9.59 Å². The van der Waals surface area contributed by atoms with Crippen LogP contribution in [0.2, 0.25) is 0 Å². The molecule has 91 heavy (non-hydrogen) atoms. The van der Waals surface area contributed by atoms with Crippen LogP contribution in [0, 0.1) is 172 Å². The Morgan fingerprint density at radius 3 is 0.978 bits per heavy atom. The molecule has 0 aromatic carbocycles. The van der Waals surface area contributed by atoms with Crippen LogP contribution in [0.1, 0.15) is 369 Å². The maximum atomic E-state index is 11.6. The van der Waals surface area contributed by atoms with Gasteiger partial charge >= 0.3 is 0 Å². The van der Waals surface area contributed by atoms with Crippen molar-refractivity contribution in [1.29, 1.82) is 0 Å². The Hall–Kier alpha value is 0.444. The number of hydrogen-bond donors (Lipinski definition) is 0. The zero-order valence-corrected chi connectivity index (χ0v) is 66.4. The average molecular weight is 1330 g/mol. The fourth-order valence-corrected chi connectivity index (χ4v) is 29.3. The van der Waals surface area contributed by atoms with Crippen molar-refractivity contribution in [3.05, 3.63) is 12.8 Å². The molecule has 16 bridgehead atoms. The number of carbonyl (C=O) groups is 2. The summed E-state index contributed by atoms with van der Waals surface area (Å²) in [6.07, 6.45) is 53.8. The largest absolute Gasteiger partial charge is 0.338 e. The minimum atomic E-state index is -0.599. The fourth-order valence-electron chi connectivity index (χ4n) is 29.3. The molecule has 27 saturated carbocycles. The normalized spacial score (nSPS) is 57.2. The van der Waals surface area contributed by atoms with Crippen LogP contribution in [-0.4, -0.2) is 11.6 Å². The number of rotatable bonds is 0. The molecule has 2 nitrogen and oxygen atoms in total. The van der Waals surface area contributed by atoms with Crippen LogP contribution in [0.15, 0.2) is 0 Å². The third-order valence-electron chi connectivity index (χ3n) is 35.7. The Morgan fingerprint density at radius 1 is 0.363 bits per heavy atom. The monoisotopic (exact) mass is 1320 g/mol. The second-order valence-corrected chi connectivity index (χ2v) is 44.7. The van der Waals surface area contributed by atoms with Crippen molar-refractivity contribution in [3.63, 3.8) is 0 Å². The molecular formula is C88H146O2Y-2. The van der Waals surface area contributed by atoms with Gasteiger partial charge in [0.15, 0.2) is 0 Å². The number of fused-ring (bicyclic) bond motifs is 14. The van der Waals surface area contributed by atoms with E-state index >= 15 is 0 Å². The molecule has 1 radical (unpaired) electrons. The van der Waals surface area contributed by atoms with Gasteiger partial charge in [0, 0.05) is 45.6 Å². The van der Waals surface area contributed by atoms with E-state index in [1.165, 1.54) is 222 Å². The summed E-state index contributed by atoms with van der Waals surface area (Å²) in [5, 5.41) is 0. The van der Waals surface area contributed by atoms with Gasteiger partial charge in [-0.05, 0) is 354 Å². The van der Waals surface area contributed by atoms with E-state index < -0.39 is 5.41 Å². The Balaban J connectivity index is 0.0000000991. The van der Waals surface area contributed by atoms with E-state index in [-0.39, 0.29) is 49.7 Å². The molecule has 4 unspecified atom stereocenters. The molecule has 0 aromatic rings. The molecule has 27 rings (SSSR count). The van der Waals surface area contributed by atoms with Gasteiger partial charge in [-0.15, -0.1) is 12.8 Å². The Kier molecular flexibility index (Phi) is 18.8. The van der Waals surface area contributed by atoms with Gasteiger partial charge < -0.3 is 12.8 Å². The molecule has 0 aromatic heterocycles. The first-order valence-electron chi connectivity index (χ1n) is 40.4. The molecule has 27 aliphatic rings. The molecule has 27 aliphatic carbocycles. The van der Waals surface area contributed by atoms with Crippen LogP contribution in [0.4, 0.5) is 0 Å². The molecule has 0 saturated heterocycles. The van der Waals surface area contributed by atoms with E-state index in [4.69, 9.17) is 0 Å². The summed E-state index contributed by atoms with van der Waals surface area (Å²) in [5.74, 6) is 18.2. The molecule has 27 fully saturated rings. The van der Waals surface area contributed by atoms with E-state index in [1.807, 2.05) is 6.92 Å². The van der Waals surface area contributed by atoms with Crippen LogP contribution < -0.4 is 0 Å². The van der Waals surface area contributed by atoms with Crippen molar-refractivity contribution < 1.29 is 42.3 Å². The van der Waals surface area contributed by atoms with Crippen LogP contribution in [0.3, 0.4) is 0 Å². The summed E-state index contributed by atoms with van der Waals surface area (Å²) in [6.45, 7) is 47.3. The van der Waals surface area contributed by atoms with Crippen LogP contribution in [0.25, 0.3) is 0 Å². The Labute approximate surface area is 589 Å². The average Bonchev–Trinajstić information content (AvgIpc) is 1.13. The summed E-state index contributed by atoms with van der Waals surface area (Å²) in [7, 11) is 0. The maximum absolute atomic E-state index is 11.6. The van der Waals surface area contributed by atoms with Crippen LogP contribution in [-0.2, 0) is 42.3 Å². The Morgan fingerprint density at radius 2 is 0.681 bits per heavy atom. The quantitative estimate of drug-likeness (QED) is 0.179. The number of carbonyl (C=O) groups excluding carboxylic acids is 2. The molecular weight excluding hydrogens is 1180 g/mol. The van der Waals surface area contributed by atoms with E-state index in [9.17, 15) is 9.59 Å². The van der Waals surface area contributed by atoms with Gasteiger partial charge in [-0.2, -0.15) is 25.2 Å². The summed E-state index contributed by atoms with van der Waals surface area (Å²) in [4.78, 5) is 23.1. The molecule has 0 aliphatic heterocycles. The topological polar surface area (TPSA) is 34.1 Å². The molecule has 0 spiro atoms. The SMILES string of the molecule is CC12C3C4C1C1C2C3C41C.CC12CC(C)(C1)C2.CC12CCC(C)(C(=O)C1)C(=O)C2.CC12CCC(C)(CC1)C2.CC12CCC(C)(CC1)CC2.CC12CCCC(C)(CC1)CC2.CC1C2CC3CC1CC(C)(C3)C2.CC1CC2CCC(C1)C2C.[CH2-]C1(C)CC[C-](C)CC1.[Y]. The fraction of sp³-hybridized carbons (Fsp3) is 0.955. The smallest absolute Gasteiger partial charge is 0.146 e. The first kappa shape index (κ1) is 71.3. The number of Topliss-reactive ketones (excluding diaryl/α,β-unsaturated/α-hetero) is 2. The zero-order chi connectivity index (χ0) is 64.7. The van der Waals surface area contributed by atoms with E-state index in [0.717, 1.165) is 120 Å². The van der Waals surface area contributed by atoms with E-state index in [2.05, 4.69) is 125 Å². The van der Waals surface area contributed by atoms with Crippen molar-refractivity contribution in [1.82, 2.24) is 0 Å². The van der Waals surface area contributed by atoms with Crippen molar-refractivity contribution in [2.45, 2.75) is 369 Å². The number of ketones is 2. The second kappa shape index (κ2) is 24.1. The summed E-state index contributed by atoms with van der Waals surface area (Å²) in [6, 6.07) is 0. The standard InChI is InChI=1S/C12H20.C11H20.C10H14O2.C10H12.2C10H18.2C9H16.C7H12.Y/c1-8-10-3-9-4-11(8)7-12(2,5-9)6-10;1-10-4-3-5-11(2,8-6-10)9-7-10;1-9-3-4-10(2,7(11)5-9)8(12)6-9;1-9-3-6-4(9)8-5(9)7(3)10(6,8)2;1-9-3-6-10(2,7-4-9)8-5-9;1-7-5-9-3-4-10(6-7)8(9)2;1-8-3-5-9(2,7-8)6-4-8;1-8-4-6-9(2,3)7-5-8;1-6-3-7(2,4-6)5-6;/h8-11H,3-7H2,1-2H3;3-9H2,1-2H3;3-6H2,1-2H3;3-8H,1-2H3;3-8H2,1-2H3;7-10H,3-6H2,1-2H3;3-7H2,1-2H3;2,4-7H2,1,3H3;3-5H2,1-2H3;/q;;;;;;;-2;;. The molecule has 3 heteroatoms. The molecule has 0 amide bonds. The van der Waals surface area contributed by atoms with Gasteiger partial charge in [0.05, 0.1) is 5.41 Å². The first-order valence-corrected chi connectivity index (χ1v) is 40.4. The van der Waals surface area contributed by atoms with Crippen molar-refractivity contribution in [2.75, 3.05) is 0 Å². The maximum Gasteiger partial charge on any atom is 0.146 e. The molecule has 515 valence electrons. The van der Waals surface area contributed by atoms with Crippen molar-refractivity contribution in [3.8, 4) is 0 Å². The predicted octanol–water partition coefficient (Wildman–Crippen LogP) is 25.3. The summed E-state index contributed by atoms with van der Waals surface area (Å²) in [5.41, 5.74) is 8.68. The first-order chi connectivity index (χ1) is 41.7. The summed E-state index contributed by atoms with van der Waals surface area (Å²) < 4.78 is 0. The molecule has 4 atom stereocenters. The van der Waals surface area contributed by atoms with Crippen molar-refractivity contribution >= 4 is 11.6 Å². The van der Waals surface area contributed by atoms with Gasteiger partial charge in [0.25, 0.3) is 0 Å². The molecule has 0 heterocycles. The minimum absolute atomic E-state index is 0. The van der Waals surface area contributed by atoms with Gasteiger partial charge in [-0.1, -0.05) is 117 Å². The van der Waals surface area contributed by atoms with Gasteiger partial charge in [-0.25, -0.2) is 0 Å². The van der Waals surface area contributed by atoms with Crippen molar-refractivity contribution in [2.24, 2.45) is 159 Å². The van der Waals surface area contributed by atoms with E-state index in [1.54, 1.807) is 38.0 Å². The molecule has 0 N–H and O–H groups in total. The second-order valence-electron chi connectivity index (χ2n) is 44.7. The third-order valence-corrected chi connectivity index (χ3v) is 35.7. The van der Waals surface area contributed by atoms with E-state index in [0.29, 0.717) is 18.3 Å². The van der Waals surface area contributed by atoms with Gasteiger partial charge in [0.2, 0.25) is 0 Å². The number of hydrogen-bond acceptors (Lipinski definition) is 2. The van der Waals surface area contributed by atoms with Crippen LogP contribution in [0.5, 0.6) is 0 Å². The minimum Gasteiger partial charge on any atom is -0.338 e. The summed E-state index contributed by atoms with van der Waals surface area (Å²) >= 11 is 0. The Bertz CT molecular complexity index is 2400.